The molecule has 2 aliphatic heterocycles. The molecule has 0 bridgehead atoms. The van der Waals surface area contributed by atoms with E-state index in [4.69, 9.17) is 4.74 Å². The van der Waals surface area contributed by atoms with E-state index in [0.29, 0.717) is 12.3 Å². The minimum absolute atomic E-state index is 0.247. The van der Waals surface area contributed by atoms with Crippen molar-refractivity contribution in [3.8, 4) is 0 Å². The Balaban J connectivity index is 1.40. The van der Waals surface area contributed by atoms with Crippen LogP contribution in [-0.4, -0.2) is 62.1 Å². The van der Waals surface area contributed by atoms with Gasteiger partial charge in [0, 0.05) is 51.2 Å². The first-order valence-electron chi connectivity index (χ1n) is 9.71. The predicted molar refractivity (Wildman–Crippen MR) is 98.3 cm³/mol. The van der Waals surface area contributed by atoms with Crippen molar-refractivity contribution in [3.05, 3.63) is 35.9 Å². The Morgan fingerprint density at radius 3 is 2.76 bits per heavy atom. The number of nitrogens with zero attached hydrogens (tertiary/aromatic N) is 2. The van der Waals surface area contributed by atoms with Gasteiger partial charge < -0.3 is 14.5 Å². The number of benzene rings is 1. The fraction of sp³-hybridized carbons (Fsp3) is 0.667. The minimum atomic E-state index is 0.247. The van der Waals surface area contributed by atoms with Crippen LogP contribution in [0.2, 0.25) is 0 Å². The van der Waals surface area contributed by atoms with Crippen LogP contribution in [-0.2, 0) is 16.0 Å². The zero-order valence-corrected chi connectivity index (χ0v) is 15.3. The number of likely N-dealkylation sites (tertiary alicyclic amines) is 2. The molecule has 25 heavy (non-hydrogen) atoms. The molecule has 3 aliphatic rings. The van der Waals surface area contributed by atoms with Gasteiger partial charge in [0.1, 0.15) is 0 Å². The van der Waals surface area contributed by atoms with Gasteiger partial charge in [0.25, 0.3) is 0 Å². The Hall–Kier alpha value is -1.39. The van der Waals surface area contributed by atoms with Gasteiger partial charge in [-0.1, -0.05) is 30.3 Å². The zero-order valence-electron chi connectivity index (χ0n) is 15.3. The third-order valence-corrected chi connectivity index (χ3v) is 6.40. The second kappa shape index (κ2) is 7.08. The van der Waals surface area contributed by atoms with Gasteiger partial charge in [-0.15, -0.1) is 0 Å². The van der Waals surface area contributed by atoms with Crippen LogP contribution in [0.25, 0.3) is 0 Å². The molecule has 0 unspecified atom stereocenters. The predicted octanol–water partition coefficient (Wildman–Crippen LogP) is 2.44. The van der Waals surface area contributed by atoms with E-state index in [1.807, 2.05) is 37.4 Å². The van der Waals surface area contributed by atoms with Crippen molar-refractivity contribution in [2.45, 2.75) is 25.7 Å². The summed E-state index contributed by atoms with van der Waals surface area (Å²) in [6.07, 6.45) is 4.46. The summed E-state index contributed by atoms with van der Waals surface area (Å²) < 4.78 is 5.54. The molecule has 1 aliphatic carbocycles. The van der Waals surface area contributed by atoms with Crippen molar-refractivity contribution in [2.24, 2.45) is 17.3 Å². The van der Waals surface area contributed by atoms with E-state index in [-0.39, 0.29) is 11.3 Å². The van der Waals surface area contributed by atoms with Gasteiger partial charge in [-0.2, -0.15) is 0 Å². The minimum Gasteiger partial charge on any atom is -0.384 e. The lowest BCUT2D eigenvalue weighted by atomic mass is 9.77. The lowest BCUT2D eigenvalue weighted by molar-refractivity contribution is -0.130. The molecule has 0 radical (unpaired) electrons. The molecule has 2 saturated heterocycles. The Morgan fingerprint density at radius 1 is 1.24 bits per heavy atom. The summed E-state index contributed by atoms with van der Waals surface area (Å²) in [6, 6.07) is 10.1. The fourth-order valence-corrected chi connectivity index (χ4v) is 4.83. The molecule has 0 N–H and O–H groups in total. The molecule has 1 amide bonds. The first-order valence-corrected chi connectivity index (χ1v) is 9.71. The first kappa shape index (κ1) is 17.0. The lowest BCUT2D eigenvalue weighted by Crippen LogP contribution is -2.38. The van der Waals surface area contributed by atoms with E-state index in [1.165, 1.54) is 19.4 Å². The van der Waals surface area contributed by atoms with Crippen LogP contribution >= 0.6 is 0 Å². The smallest absolute Gasteiger partial charge is 0.227 e. The van der Waals surface area contributed by atoms with Crippen molar-refractivity contribution in [1.82, 2.24) is 9.80 Å². The number of hydrogen-bond donors (Lipinski definition) is 0. The van der Waals surface area contributed by atoms with Gasteiger partial charge >= 0.3 is 0 Å². The van der Waals surface area contributed by atoms with Gasteiger partial charge in [-0.3, -0.25) is 4.79 Å². The third-order valence-electron chi connectivity index (χ3n) is 6.40. The van der Waals surface area contributed by atoms with Crippen LogP contribution in [0.4, 0.5) is 0 Å². The highest BCUT2D eigenvalue weighted by Crippen LogP contribution is 2.45. The molecule has 2 heterocycles. The standard InChI is InChI=1S/C21H30N2O2/c1-25-14-19-13-22(12-18-7-8-18)15-21(19)9-10-23(16-21)20(24)11-17-5-3-2-4-6-17/h2-6,18-19H,7-16H2,1H3/t19-,21-/m0/s1. The van der Waals surface area contributed by atoms with Crippen molar-refractivity contribution in [2.75, 3.05) is 46.4 Å². The first-order chi connectivity index (χ1) is 12.2. The molecule has 0 aromatic heterocycles. The summed E-state index contributed by atoms with van der Waals surface area (Å²) in [5, 5.41) is 0. The highest BCUT2D eigenvalue weighted by atomic mass is 16.5. The second-order valence-electron chi connectivity index (χ2n) is 8.38. The summed E-state index contributed by atoms with van der Waals surface area (Å²) in [5.74, 6) is 1.77. The van der Waals surface area contributed by atoms with Gasteiger partial charge in [-0.05, 0) is 30.7 Å². The van der Waals surface area contributed by atoms with Gasteiger partial charge in [-0.25, -0.2) is 0 Å². The van der Waals surface area contributed by atoms with Crippen molar-refractivity contribution in [3.63, 3.8) is 0 Å². The Kier molecular flexibility index (Phi) is 4.83. The molecule has 4 heteroatoms. The summed E-state index contributed by atoms with van der Waals surface area (Å²) in [7, 11) is 1.81. The van der Waals surface area contributed by atoms with Crippen molar-refractivity contribution < 1.29 is 9.53 Å². The number of rotatable bonds is 6. The van der Waals surface area contributed by atoms with Gasteiger partial charge in [0.05, 0.1) is 13.0 Å². The Bertz CT molecular complexity index is 601. The van der Waals surface area contributed by atoms with Crippen LogP contribution in [0.15, 0.2) is 30.3 Å². The van der Waals surface area contributed by atoms with E-state index in [9.17, 15) is 4.79 Å². The summed E-state index contributed by atoms with van der Waals surface area (Å²) in [6.45, 7) is 6.18. The summed E-state index contributed by atoms with van der Waals surface area (Å²) in [5.41, 5.74) is 1.36. The largest absolute Gasteiger partial charge is 0.384 e. The highest BCUT2D eigenvalue weighted by molar-refractivity contribution is 5.79. The van der Waals surface area contributed by atoms with Crippen LogP contribution in [0.5, 0.6) is 0 Å². The highest BCUT2D eigenvalue weighted by Gasteiger charge is 2.51. The number of amides is 1. The third kappa shape index (κ3) is 3.75. The molecule has 4 rings (SSSR count). The second-order valence-corrected chi connectivity index (χ2v) is 8.38. The molecule has 1 aromatic carbocycles. The average molecular weight is 342 g/mol. The Labute approximate surface area is 151 Å². The van der Waals surface area contributed by atoms with Crippen LogP contribution in [0.3, 0.4) is 0 Å². The normalized spacial score (nSPS) is 29.6. The maximum atomic E-state index is 12.8. The van der Waals surface area contributed by atoms with Crippen molar-refractivity contribution in [1.29, 1.82) is 0 Å². The monoisotopic (exact) mass is 342 g/mol. The van der Waals surface area contributed by atoms with E-state index in [1.54, 1.807) is 0 Å². The summed E-state index contributed by atoms with van der Waals surface area (Å²) >= 11 is 0. The SMILES string of the molecule is COC[C@@H]1CN(CC2CC2)C[C@]12CCN(C(=O)Cc1ccccc1)C2. The molecule has 3 fully saturated rings. The fourth-order valence-electron chi connectivity index (χ4n) is 4.83. The molecule has 2 atom stereocenters. The number of carbonyl (C=O) groups excluding carboxylic acids is 1. The van der Waals surface area contributed by atoms with Crippen molar-refractivity contribution >= 4 is 5.91 Å². The zero-order chi connectivity index (χ0) is 17.3. The maximum absolute atomic E-state index is 12.8. The maximum Gasteiger partial charge on any atom is 0.227 e. The molecular formula is C21H30N2O2. The number of carbonyl (C=O) groups is 1. The molecule has 1 aromatic rings. The van der Waals surface area contributed by atoms with E-state index < -0.39 is 0 Å². The molecule has 136 valence electrons. The molecule has 1 spiro atoms. The number of hydrogen-bond acceptors (Lipinski definition) is 3. The topological polar surface area (TPSA) is 32.8 Å². The molecule has 1 saturated carbocycles. The summed E-state index contributed by atoms with van der Waals surface area (Å²) in [4.78, 5) is 17.5. The Morgan fingerprint density at radius 2 is 2.04 bits per heavy atom. The molecule has 4 nitrogen and oxygen atoms in total. The van der Waals surface area contributed by atoms with Crippen LogP contribution < -0.4 is 0 Å². The average Bonchev–Trinajstić information content (AvgIpc) is 3.22. The van der Waals surface area contributed by atoms with E-state index in [2.05, 4.69) is 9.80 Å². The quantitative estimate of drug-likeness (QED) is 0.796. The van der Waals surface area contributed by atoms with Crippen LogP contribution in [0.1, 0.15) is 24.8 Å². The number of ether oxygens (including phenoxy) is 1. The lowest BCUT2D eigenvalue weighted by Gasteiger charge is -2.30. The van der Waals surface area contributed by atoms with Gasteiger partial charge in [0.15, 0.2) is 0 Å². The molecular weight excluding hydrogens is 312 g/mol. The van der Waals surface area contributed by atoms with E-state index >= 15 is 0 Å². The van der Waals surface area contributed by atoms with E-state index in [0.717, 1.165) is 50.7 Å². The van der Waals surface area contributed by atoms with Gasteiger partial charge in [0.2, 0.25) is 5.91 Å². The van der Waals surface area contributed by atoms with Crippen LogP contribution in [0, 0.1) is 17.3 Å². The number of methoxy groups -OCH3 is 1.